The van der Waals surface area contributed by atoms with Crippen LogP contribution >= 0.6 is 0 Å². The van der Waals surface area contributed by atoms with Gasteiger partial charge in [0.15, 0.2) is 6.23 Å². The van der Waals surface area contributed by atoms with Crippen LogP contribution in [-0.2, 0) is 11.2 Å². The zero-order chi connectivity index (χ0) is 21.7. The van der Waals surface area contributed by atoms with E-state index in [2.05, 4.69) is 10.3 Å². The number of ether oxygens (including phenoxy) is 1. The second kappa shape index (κ2) is 7.15. The van der Waals surface area contributed by atoms with E-state index in [0.717, 1.165) is 17.5 Å². The Morgan fingerprint density at radius 1 is 1.29 bits per heavy atom. The van der Waals surface area contributed by atoms with Gasteiger partial charge in [-0.05, 0) is 36.2 Å². The molecule has 2 amide bonds. The average Bonchev–Trinajstić information content (AvgIpc) is 3.21. The lowest BCUT2D eigenvalue weighted by molar-refractivity contribution is -0.121. The largest absolute Gasteiger partial charge is 0.470 e. The smallest absolute Gasteiger partial charge is 0.278 e. The fourth-order valence-electron chi connectivity index (χ4n) is 4.14. The predicted molar refractivity (Wildman–Crippen MR) is 107 cm³/mol. The molecule has 2 aliphatic heterocycles. The molecule has 1 saturated heterocycles. The van der Waals surface area contributed by atoms with Gasteiger partial charge >= 0.3 is 0 Å². The lowest BCUT2D eigenvalue weighted by Gasteiger charge is -2.31. The Hall–Kier alpha value is -3.82. The van der Waals surface area contributed by atoms with Crippen molar-refractivity contribution in [1.29, 1.82) is 0 Å². The fourth-order valence-corrected chi connectivity index (χ4v) is 4.14. The SMILES string of the molecule is NC(=O)[C@H](Cc1cccc(F)c1)n1nnc2cc3c(cc2c1=O)O[C@H]1CCCN1C3=O. The van der Waals surface area contributed by atoms with E-state index < -0.39 is 23.3 Å². The molecular formula is C21H18FN5O4. The lowest BCUT2D eigenvalue weighted by Crippen LogP contribution is -2.43. The van der Waals surface area contributed by atoms with Crippen LogP contribution in [0.2, 0.25) is 0 Å². The molecule has 31 heavy (non-hydrogen) atoms. The molecule has 2 aliphatic rings. The summed E-state index contributed by atoms with van der Waals surface area (Å²) in [7, 11) is 0. The van der Waals surface area contributed by atoms with Crippen LogP contribution in [-0.4, -0.2) is 44.5 Å². The molecular weight excluding hydrogens is 405 g/mol. The van der Waals surface area contributed by atoms with Crippen molar-refractivity contribution < 1.29 is 18.7 Å². The summed E-state index contributed by atoms with van der Waals surface area (Å²) in [6, 6.07) is 7.46. The van der Waals surface area contributed by atoms with Gasteiger partial charge in [0.25, 0.3) is 11.5 Å². The van der Waals surface area contributed by atoms with Crippen molar-refractivity contribution in [3.8, 4) is 5.75 Å². The minimum atomic E-state index is -1.16. The van der Waals surface area contributed by atoms with Crippen molar-refractivity contribution in [2.24, 2.45) is 5.73 Å². The Balaban J connectivity index is 1.58. The third kappa shape index (κ3) is 3.20. The summed E-state index contributed by atoms with van der Waals surface area (Å²) in [4.78, 5) is 39.7. The molecule has 1 aromatic heterocycles. The van der Waals surface area contributed by atoms with E-state index in [0.29, 0.717) is 23.4 Å². The van der Waals surface area contributed by atoms with E-state index in [-0.39, 0.29) is 29.5 Å². The number of halogens is 1. The van der Waals surface area contributed by atoms with Crippen LogP contribution in [0.25, 0.3) is 10.9 Å². The molecule has 3 heterocycles. The maximum Gasteiger partial charge on any atom is 0.278 e. The topological polar surface area (TPSA) is 120 Å². The fraction of sp³-hybridized carbons (Fsp3) is 0.286. The number of primary amides is 1. The van der Waals surface area contributed by atoms with Crippen LogP contribution < -0.4 is 16.0 Å². The number of nitrogens with zero attached hydrogens (tertiary/aromatic N) is 4. The van der Waals surface area contributed by atoms with Crippen LogP contribution in [0.5, 0.6) is 5.75 Å². The molecule has 9 nitrogen and oxygen atoms in total. The molecule has 10 heteroatoms. The second-order valence-corrected chi connectivity index (χ2v) is 7.67. The van der Waals surface area contributed by atoms with E-state index in [1.54, 1.807) is 11.0 Å². The van der Waals surface area contributed by atoms with Gasteiger partial charge in [-0.2, -0.15) is 4.68 Å². The van der Waals surface area contributed by atoms with Crippen molar-refractivity contribution in [2.75, 3.05) is 6.54 Å². The highest BCUT2D eigenvalue weighted by Gasteiger charge is 2.37. The molecule has 0 unspecified atom stereocenters. The van der Waals surface area contributed by atoms with E-state index in [1.807, 2.05) is 0 Å². The molecule has 5 rings (SSSR count). The number of rotatable bonds is 4. The number of benzene rings is 2. The summed E-state index contributed by atoms with van der Waals surface area (Å²) in [5.41, 5.74) is 5.94. The first kappa shape index (κ1) is 19.2. The van der Waals surface area contributed by atoms with Gasteiger partial charge in [-0.1, -0.05) is 17.3 Å². The first-order valence-corrected chi connectivity index (χ1v) is 9.87. The number of hydrogen-bond acceptors (Lipinski definition) is 6. The van der Waals surface area contributed by atoms with Crippen molar-refractivity contribution in [3.63, 3.8) is 0 Å². The molecule has 3 aromatic rings. The quantitative estimate of drug-likeness (QED) is 0.672. The first-order valence-electron chi connectivity index (χ1n) is 9.87. The Labute approximate surface area is 175 Å². The summed E-state index contributed by atoms with van der Waals surface area (Å²) in [6.07, 6.45) is 1.20. The summed E-state index contributed by atoms with van der Waals surface area (Å²) >= 11 is 0. The number of fused-ring (bicyclic) bond motifs is 3. The maximum absolute atomic E-state index is 13.5. The van der Waals surface area contributed by atoms with Crippen LogP contribution in [0.3, 0.4) is 0 Å². The van der Waals surface area contributed by atoms with Gasteiger partial charge in [-0.25, -0.2) is 4.39 Å². The second-order valence-electron chi connectivity index (χ2n) is 7.67. The van der Waals surface area contributed by atoms with Crippen molar-refractivity contribution >= 4 is 22.7 Å². The molecule has 1 fully saturated rings. The van der Waals surface area contributed by atoms with E-state index in [9.17, 15) is 18.8 Å². The summed E-state index contributed by atoms with van der Waals surface area (Å²) in [6.45, 7) is 0.620. The molecule has 0 aliphatic carbocycles. The van der Waals surface area contributed by atoms with E-state index >= 15 is 0 Å². The zero-order valence-corrected chi connectivity index (χ0v) is 16.3. The van der Waals surface area contributed by atoms with Gasteiger partial charge in [-0.15, -0.1) is 5.10 Å². The summed E-state index contributed by atoms with van der Waals surface area (Å²) in [5, 5.41) is 8.07. The number of carbonyl (C=O) groups is 2. The number of aromatic nitrogens is 3. The number of carbonyl (C=O) groups excluding carboxylic acids is 2. The molecule has 0 bridgehead atoms. The van der Waals surface area contributed by atoms with Crippen molar-refractivity contribution in [3.05, 3.63) is 63.7 Å². The Morgan fingerprint density at radius 2 is 2.13 bits per heavy atom. The Kier molecular flexibility index (Phi) is 4.42. The van der Waals surface area contributed by atoms with Crippen molar-refractivity contribution in [1.82, 2.24) is 19.9 Å². The van der Waals surface area contributed by atoms with Gasteiger partial charge in [0.2, 0.25) is 5.91 Å². The highest BCUT2D eigenvalue weighted by Crippen LogP contribution is 2.34. The van der Waals surface area contributed by atoms with Crippen LogP contribution in [0.4, 0.5) is 4.39 Å². The molecule has 2 N–H and O–H groups in total. The van der Waals surface area contributed by atoms with E-state index in [4.69, 9.17) is 10.5 Å². The van der Waals surface area contributed by atoms with Crippen LogP contribution in [0.15, 0.2) is 41.2 Å². The summed E-state index contributed by atoms with van der Waals surface area (Å²) in [5.74, 6) is -1.13. The minimum Gasteiger partial charge on any atom is -0.470 e. The minimum absolute atomic E-state index is 0.0237. The number of nitrogens with two attached hydrogens (primary N) is 1. The highest BCUT2D eigenvalue weighted by atomic mass is 19.1. The average molecular weight is 423 g/mol. The zero-order valence-electron chi connectivity index (χ0n) is 16.3. The monoisotopic (exact) mass is 423 g/mol. The van der Waals surface area contributed by atoms with E-state index in [1.165, 1.54) is 30.3 Å². The van der Waals surface area contributed by atoms with Gasteiger partial charge < -0.3 is 15.4 Å². The molecule has 0 saturated carbocycles. The highest BCUT2D eigenvalue weighted by molar-refractivity contribution is 6.01. The first-order chi connectivity index (χ1) is 14.9. The third-order valence-corrected chi connectivity index (χ3v) is 5.68. The molecule has 0 radical (unpaired) electrons. The van der Waals surface area contributed by atoms with Gasteiger partial charge in [-0.3, -0.25) is 14.4 Å². The predicted octanol–water partition coefficient (Wildman–Crippen LogP) is 1.15. The maximum atomic E-state index is 13.5. The molecule has 2 atom stereocenters. The van der Waals surface area contributed by atoms with Crippen LogP contribution in [0, 0.1) is 5.82 Å². The Bertz CT molecular complexity index is 1290. The van der Waals surface area contributed by atoms with Crippen molar-refractivity contribution in [2.45, 2.75) is 31.5 Å². The Morgan fingerprint density at radius 3 is 2.90 bits per heavy atom. The lowest BCUT2D eigenvalue weighted by atomic mass is 10.0. The van der Waals surface area contributed by atoms with Crippen LogP contribution in [0.1, 0.15) is 34.8 Å². The van der Waals surface area contributed by atoms with Gasteiger partial charge in [0, 0.05) is 19.4 Å². The molecule has 2 aromatic carbocycles. The third-order valence-electron chi connectivity index (χ3n) is 5.68. The molecule has 158 valence electrons. The standard InChI is InChI=1S/C21H18FN5O4/c22-12-4-1-3-11(7-12)8-16(19(23)28)27-21(30)13-10-17-14(9-15(13)24-25-27)20(29)26-6-2-5-18(26)31-17/h1,3-4,7,9-10,16,18H,2,5-6,8H2,(H2,23,28)/t16-,18-/m0/s1. The van der Waals surface area contributed by atoms with Gasteiger partial charge in [0.1, 0.15) is 23.1 Å². The molecule has 0 spiro atoms. The number of amides is 2. The van der Waals surface area contributed by atoms with Gasteiger partial charge in [0.05, 0.1) is 10.9 Å². The normalized spacial score (nSPS) is 18.4. The number of hydrogen-bond donors (Lipinski definition) is 1. The summed E-state index contributed by atoms with van der Waals surface area (Å²) < 4.78 is 20.4.